The minimum absolute atomic E-state index is 0.701. The van der Waals surface area contributed by atoms with Crippen molar-refractivity contribution in [3.05, 3.63) is 0 Å². The number of likely N-dealkylation sites (tertiary alicyclic amines) is 1. The monoisotopic (exact) mass is 282 g/mol. The van der Waals surface area contributed by atoms with Crippen LogP contribution in [0.15, 0.2) is 0 Å². The molecule has 0 aromatic carbocycles. The number of carboxylic acids is 1. The van der Waals surface area contributed by atoms with Crippen LogP contribution in [0.5, 0.6) is 0 Å². The van der Waals surface area contributed by atoms with E-state index in [1.807, 2.05) is 0 Å². The van der Waals surface area contributed by atoms with Crippen molar-refractivity contribution in [3.63, 3.8) is 0 Å². The molecule has 20 heavy (non-hydrogen) atoms. The SMILES string of the molecule is CNC(C)(CCCN1CCCC2CCCCC21)C(=O)O. The molecule has 1 heterocycles. The van der Waals surface area contributed by atoms with E-state index in [4.69, 9.17) is 0 Å². The Hall–Kier alpha value is -0.610. The number of hydrogen-bond acceptors (Lipinski definition) is 3. The molecule has 1 saturated carbocycles. The maximum Gasteiger partial charge on any atom is 0.323 e. The lowest BCUT2D eigenvalue weighted by atomic mass is 9.78. The number of nitrogens with zero attached hydrogens (tertiary/aromatic N) is 1. The highest BCUT2D eigenvalue weighted by molar-refractivity contribution is 5.78. The van der Waals surface area contributed by atoms with Gasteiger partial charge in [0.15, 0.2) is 0 Å². The summed E-state index contributed by atoms with van der Waals surface area (Å²) in [5.74, 6) is 0.168. The Morgan fingerprint density at radius 3 is 2.70 bits per heavy atom. The van der Waals surface area contributed by atoms with Crippen molar-refractivity contribution >= 4 is 5.97 Å². The predicted octanol–water partition coefficient (Wildman–Crippen LogP) is 2.48. The molecular formula is C16H30N2O2. The van der Waals surface area contributed by atoms with Gasteiger partial charge >= 0.3 is 5.97 Å². The maximum atomic E-state index is 11.3. The Balaban J connectivity index is 1.82. The van der Waals surface area contributed by atoms with Crippen LogP contribution in [0.25, 0.3) is 0 Å². The topological polar surface area (TPSA) is 52.6 Å². The molecule has 2 aliphatic rings. The predicted molar refractivity (Wildman–Crippen MR) is 80.9 cm³/mol. The zero-order chi connectivity index (χ0) is 14.6. The Morgan fingerprint density at radius 1 is 1.30 bits per heavy atom. The van der Waals surface area contributed by atoms with Crippen molar-refractivity contribution < 1.29 is 9.90 Å². The molecule has 0 spiro atoms. The molecule has 3 unspecified atom stereocenters. The number of piperidine rings is 1. The van der Waals surface area contributed by atoms with E-state index >= 15 is 0 Å². The van der Waals surface area contributed by atoms with Gasteiger partial charge in [-0.2, -0.15) is 0 Å². The van der Waals surface area contributed by atoms with Gasteiger partial charge in [-0.05, 0) is 71.5 Å². The fourth-order valence-electron chi connectivity index (χ4n) is 3.98. The van der Waals surface area contributed by atoms with E-state index in [1.54, 1.807) is 14.0 Å². The molecule has 116 valence electrons. The van der Waals surface area contributed by atoms with Crippen molar-refractivity contribution in [2.45, 2.75) is 69.9 Å². The van der Waals surface area contributed by atoms with Crippen LogP contribution in [0.1, 0.15) is 58.3 Å². The van der Waals surface area contributed by atoms with E-state index in [1.165, 1.54) is 45.1 Å². The third-order valence-electron chi connectivity index (χ3n) is 5.50. The molecule has 1 aliphatic carbocycles. The second kappa shape index (κ2) is 6.90. The zero-order valence-electron chi connectivity index (χ0n) is 13.0. The van der Waals surface area contributed by atoms with Crippen LogP contribution in [0.2, 0.25) is 0 Å². The van der Waals surface area contributed by atoms with E-state index in [9.17, 15) is 9.90 Å². The van der Waals surface area contributed by atoms with Gasteiger partial charge in [0.25, 0.3) is 0 Å². The highest BCUT2D eigenvalue weighted by Gasteiger charge is 2.34. The number of likely N-dealkylation sites (N-methyl/N-ethyl adjacent to an activating group) is 1. The molecule has 4 nitrogen and oxygen atoms in total. The van der Waals surface area contributed by atoms with Crippen molar-refractivity contribution in [1.29, 1.82) is 0 Å². The number of nitrogens with one attached hydrogen (secondary N) is 1. The minimum atomic E-state index is -0.776. The molecule has 0 amide bonds. The standard InChI is InChI=1S/C16H30N2O2/c1-16(17-2,15(19)20)10-6-12-18-11-5-8-13-7-3-4-9-14(13)18/h13-14,17H,3-12H2,1-2H3,(H,19,20). The van der Waals surface area contributed by atoms with Crippen LogP contribution in [-0.2, 0) is 4.79 Å². The Kier molecular flexibility index (Phi) is 5.44. The lowest BCUT2D eigenvalue weighted by Crippen LogP contribution is -2.49. The fourth-order valence-corrected chi connectivity index (χ4v) is 3.98. The average Bonchev–Trinajstić information content (AvgIpc) is 2.47. The van der Waals surface area contributed by atoms with Crippen LogP contribution in [0.4, 0.5) is 0 Å². The van der Waals surface area contributed by atoms with Gasteiger partial charge in [-0.1, -0.05) is 12.8 Å². The van der Waals surface area contributed by atoms with Crippen LogP contribution < -0.4 is 5.32 Å². The molecule has 2 fully saturated rings. The van der Waals surface area contributed by atoms with Gasteiger partial charge in [-0.25, -0.2) is 0 Å². The molecule has 1 aliphatic heterocycles. The van der Waals surface area contributed by atoms with Crippen molar-refractivity contribution in [1.82, 2.24) is 10.2 Å². The molecule has 0 bridgehead atoms. The second-order valence-electron chi connectivity index (χ2n) is 6.78. The Bertz CT molecular complexity index is 332. The van der Waals surface area contributed by atoms with E-state index in [2.05, 4.69) is 10.2 Å². The Labute approximate surface area is 122 Å². The summed E-state index contributed by atoms with van der Waals surface area (Å²) in [6.45, 7) is 4.06. The molecule has 4 heteroatoms. The maximum absolute atomic E-state index is 11.3. The van der Waals surface area contributed by atoms with Gasteiger partial charge in [0.05, 0.1) is 0 Å². The lowest BCUT2D eigenvalue weighted by molar-refractivity contribution is -0.144. The smallest absolute Gasteiger partial charge is 0.323 e. The van der Waals surface area contributed by atoms with Gasteiger partial charge in [-0.15, -0.1) is 0 Å². The number of carboxylic acid groups (broad SMARTS) is 1. The molecular weight excluding hydrogens is 252 g/mol. The summed E-state index contributed by atoms with van der Waals surface area (Å²) in [5.41, 5.74) is -0.776. The summed E-state index contributed by atoms with van der Waals surface area (Å²) >= 11 is 0. The first-order chi connectivity index (χ1) is 9.57. The molecule has 0 aromatic rings. The first-order valence-corrected chi connectivity index (χ1v) is 8.23. The number of rotatable bonds is 6. The minimum Gasteiger partial charge on any atom is -0.480 e. The van der Waals surface area contributed by atoms with Crippen LogP contribution >= 0.6 is 0 Å². The van der Waals surface area contributed by atoms with Crippen molar-refractivity contribution in [3.8, 4) is 0 Å². The van der Waals surface area contributed by atoms with E-state index in [0.717, 1.165) is 24.9 Å². The van der Waals surface area contributed by atoms with Gasteiger partial charge in [0.2, 0.25) is 0 Å². The Morgan fingerprint density at radius 2 is 2.00 bits per heavy atom. The van der Waals surface area contributed by atoms with Gasteiger partial charge < -0.3 is 15.3 Å². The zero-order valence-corrected chi connectivity index (χ0v) is 13.0. The van der Waals surface area contributed by atoms with Crippen molar-refractivity contribution in [2.24, 2.45) is 5.92 Å². The normalized spacial score (nSPS) is 30.5. The van der Waals surface area contributed by atoms with Crippen LogP contribution in [0, 0.1) is 5.92 Å². The number of fused-ring (bicyclic) bond motifs is 1. The fraction of sp³-hybridized carbons (Fsp3) is 0.938. The molecule has 0 radical (unpaired) electrons. The quantitative estimate of drug-likeness (QED) is 0.786. The molecule has 2 rings (SSSR count). The molecule has 0 aromatic heterocycles. The summed E-state index contributed by atoms with van der Waals surface area (Å²) in [4.78, 5) is 13.9. The van der Waals surface area contributed by atoms with E-state index in [0.29, 0.717) is 6.42 Å². The highest BCUT2D eigenvalue weighted by atomic mass is 16.4. The van der Waals surface area contributed by atoms with Gasteiger partial charge in [0, 0.05) is 6.04 Å². The summed E-state index contributed by atoms with van der Waals surface area (Å²) < 4.78 is 0. The largest absolute Gasteiger partial charge is 0.480 e. The number of hydrogen-bond donors (Lipinski definition) is 2. The molecule has 1 saturated heterocycles. The van der Waals surface area contributed by atoms with Crippen LogP contribution in [0.3, 0.4) is 0 Å². The number of carbonyl (C=O) groups is 1. The van der Waals surface area contributed by atoms with Crippen molar-refractivity contribution in [2.75, 3.05) is 20.1 Å². The lowest BCUT2D eigenvalue weighted by Gasteiger charge is -2.44. The average molecular weight is 282 g/mol. The summed E-state index contributed by atoms with van der Waals surface area (Å²) in [7, 11) is 1.74. The number of aliphatic carboxylic acids is 1. The summed E-state index contributed by atoms with van der Waals surface area (Å²) in [6.07, 6.45) is 9.94. The summed E-state index contributed by atoms with van der Waals surface area (Å²) in [5, 5.41) is 12.2. The molecule has 3 atom stereocenters. The summed E-state index contributed by atoms with van der Waals surface area (Å²) in [6, 6.07) is 0.781. The molecule has 2 N–H and O–H groups in total. The van der Waals surface area contributed by atoms with Crippen LogP contribution in [-0.4, -0.2) is 47.7 Å². The third kappa shape index (κ3) is 3.53. The third-order valence-corrected chi connectivity index (χ3v) is 5.50. The van der Waals surface area contributed by atoms with Gasteiger partial charge in [0.1, 0.15) is 5.54 Å². The second-order valence-corrected chi connectivity index (χ2v) is 6.78. The first-order valence-electron chi connectivity index (χ1n) is 8.23. The first kappa shape index (κ1) is 15.8. The van der Waals surface area contributed by atoms with E-state index in [-0.39, 0.29) is 0 Å². The van der Waals surface area contributed by atoms with Gasteiger partial charge in [-0.3, -0.25) is 4.79 Å². The highest BCUT2D eigenvalue weighted by Crippen LogP contribution is 2.35. The van der Waals surface area contributed by atoms with E-state index < -0.39 is 11.5 Å².